The number of aryl methyl sites for hydroxylation is 1. The minimum Gasteiger partial charge on any atom is -0.399 e. The van der Waals surface area contributed by atoms with Gasteiger partial charge in [0, 0.05) is 35.2 Å². The molecule has 0 aliphatic carbocycles. The van der Waals surface area contributed by atoms with Crippen LogP contribution in [0.1, 0.15) is 21.5 Å². The van der Waals surface area contributed by atoms with E-state index >= 15 is 0 Å². The van der Waals surface area contributed by atoms with Crippen molar-refractivity contribution in [2.75, 3.05) is 5.73 Å². The van der Waals surface area contributed by atoms with Gasteiger partial charge in [0.25, 0.3) is 5.91 Å². The van der Waals surface area contributed by atoms with Crippen molar-refractivity contribution in [3.05, 3.63) is 58.4 Å². The predicted octanol–water partition coefficient (Wildman–Crippen LogP) is 2.56. The van der Waals surface area contributed by atoms with Crippen LogP contribution in [0.4, 0.5) is 5.69 Å². The quantitative estimate of drug-likeness (QED) is 0.846. The lowest BCUT2D eigenvalue weighted by Gasteiger charge is -2.08. The first kappa shape index (κ1) is 13.4. The number of benzene rings is 1. The third-order valence-electron chi connectivity index (χ3n) is 2.77. The van der Waals surface area contributed by atoms with E-state index in [-0.39, 0.29) is 5.91 Å². The second kappa shape index (κ2) is 5.71. The number of amides is 1. The van der Waals surface area contributed by atoms with Crippen molar-refractivity contribution in [3.8, 4) is 0 Å². The first-order chi connectivity index (χ1) is 9.06. The molecule has 1 heterocycles. The fourth-order valence-electron chi connectivity index (χ4n) is 1.70. The van der Waals surface area contributed by atoms with Gasteiger partial charge in [0.05, 0.1) is 0 Å². The Balaban J connectivity index is 2.08. The van der Waals surface area contributed by atoms with Crippen LogP contribution < -0.4 is 11.1 Å². The molecule has 98 valence electrons. The molecular weight excluding hydrogens is 262 g/mol. The molecule has 0 fully saturated rings. The van der Waals surface area contributed by atoms with E-state index in [1.807, 2.05) is 13.0 Å². The number of pyridine rings is 1. The third kappa shape index (κ3) is 3.45. The van der Waals surface area contributed by atoms with Gasteiger partial charge >= 0.3 is 0 Å². The van der Waals surface area contributed by atoms with Gasteiger partial charge in [-0.05, 0) is 42.3 Å². The summed E-state index contributed by atoms with van der Waals surface area (Å²) in [6.07, 6.45) is 3.46. The lowest BCUT2D eigenvalue weighted by molar-refractivity contribution is 0.0951. The van der Waals surface area contributed by atoms with E-state index in [2.05, 4.69) is 10.3 Å². The Kier molecular flexibility index (Phi) is 4.02. The van der Waals surface area contributed by atoms with E-state index in [4.69, 9.17) is 17.3 Å². The molecule has 0 radical (unpaired) electrons. The highest BCUT2D eigenvalue weighted by molar-refractivity contribution is 6.31. The molecule has 0 atom stereocenters. The molecule has 2 rings (SSSR count). The zero-order valence-electron chi connectivity index (χ0n) is 10.5. The minimum atomic E-state index is -0.211. The lowest BCUT2D eigenvalue weighted by Crippen LogP contribution is -2.23. The second-order valence-electron chi connectivity index (χ2n) is 4.26. The monoisotopic (exact) mass is 275 g/mol. The first-order valence-electron chi connectivity index (χ1n) is 5.80. The molecule has 1 aromatic heterocycles. The van der Waals surface area contributed by atoms with Crippen molar-refractivity contribution in [1.82, 2.24) is 10.3 Å². The summed E-state index contributed by atoms with van der Waals surface area (Å²) in [6, 6.07) is 6.68. The smallest absolute Gasteiger partial charge is 0.251 e. The second-order valence-corrected chi connectivity index (χ2v) is 4.69. The van der Waals surface area contributed by atoms with E-state index < -0.39 is 0 Å². The van der Waals surface area contributed by atoms with Gasteiger partial charge in [-0.3, -0.25) is 9.78 Å². The van der Waals surface area contributed by atoms with E-state index in [1.54, 1.807) is 30.6 Å². The number of nitrogen functional groups attached to an aromatic ring is 1. The third-order valence-corrected chi connectivity index (χ3v) is 2.99. The van der Waals surface area contributed by atoms with Crippen LogP contribution in [0.3, 0.4) is 0 Å². The molecule has 0 aliphatic heterocycles. The number of carbonyl (C=O) groups excluding carboxylic acids is 1. The molecule has 0 unspecified atom stereocenters. The fourth-order valence-corrected chi connectivity index (χ4v) is 1.95. The standard InChI is InChI=1S/C14H14ClN3O/c1-9-2-3-17-7-11(9)8-18-14(19)10-4-12(15)6-13(16)5-10/h2-7H,8,16H2,1H3,(H,18,19). The molecule has 2 aromatic rings. The van der Waals surface area contributed by atoms with Crippen molar-refractivity contribution in [3.63, 3.8) is 0 Å². The Morgan fingerprint density at radius 1 is 1.42 bits per heavy atom. The van der Waals surface area contributed by atoms with E-state index in [1.165, 1.54) is 0 Å². The number of nitrogens with zero attached hydrogens (tertiary/aromatic N) is 1. The summed E-state index contributed by atoms with van der Waals surface area (Å²) >= 11 is 5.87. The number of nitrogens with one attached hydrogen (secondary N) is 1. The molecule has 19 heavy (non-hydrogen) atoms. The molecule has 5 heteroatoms. The van der Waals surface area contributed by atoms with Crippen LogP contribution >= 0.6 is 11.6 Å². The maximum Gasteiger partial charge on any atom is 0.251 e. The molecule has 4 nitrogen and oxygen atoms in total. The molecule has 0 spiro atoms. The van der Waals surface area contributed by atoms with E-state index in [0.717, 1.165) is 11.1 Å². The van der Waals surface area contributed by atoms with Crippen LogP contribution in [0.15, 0.2) is 36.7 Å². The number of halogens is 1. The molecule has 0 saturated heterocycles. The SMILES string of the molecule is Cc1ccncc1CNC(=O)c1cc(N)cc(Cl)c1. The average molecular weight is 276 g/mol. The number of rotatable bonds is 3. The molecule has 3 N–H and O–H groups in total. The largest absolute Gasteiger partial charge is 0.399 e. The van der Waals surface area contributed by atoms with Gasteiger partial charge in [-0.2, -0.15) is 0 Å². The Bertz CT molecular complexity index is 593. The van der Waals surface area contributed by atoms with Gasteiger partial charge in [0.2, 0.25) is 0 Å². The summed E-state index contributed by atoms with van der Waals surface area (Å²) < 4.78 is 0. The highest BCUT2D eigenvalue weighted by atomic mass is 35.5. The maximum atomic E-state index is 12.0. The highest BCUT2D eigenvalue weighted by Gasteiger charge is 2.08. The Hall–Kier alpha value is -2.07. The van der Waals surface area contributed by atoms with Gasteiger partial charge in [0.15, 0.2) is 0 Å². The van der Waals surface area contributed by atoms with Gasteiger partial charge in [0.1, 0.15) is 0 Å². The predicted molar refractivity (Wildman–Crippen MR) is 76.0 cm³/mol. The molecule has 1 amide bonds. The van der Waals surface area contributed by atoms with Gasteiger partial charge < -0.3 is 11.1 Å². The number of carbonyl (C=O) groups is 1. The zero-order valence-corrected chi connectivity index (χ0v) is 11.2. The number of hydrogen-bond donors (Lipinski definition) is 2. The Labute approximate surface area is 116 Å². The Morgan fingerprint density at radius 2 is 2.21 bits per heavy atom. The summed E-state index contributed by atoms with van der Waals surface area (Å²) in [6.45, 7) is 2.39. The van der Waals surface area contributed by atoms with Crippen LogP contribution in [-0.2, 0) is 6.54 Å². The van der Waals surface area contributed by atoms with E-state index in [9.17, 15) is 4.79 Å². The van der Waals surface area contributed by atoms with Crippen molar-refractivity contribution in [2.24, 2.45) is 0 Å². The number of nitrogens with two attached hydrogens (primary N) is 1. The molecular formula is C14H14ClN3O. The van der Waals surface area contributed by atoms with Crippen molar-refractivity contribution >= 4 is 23.2 Å². The van der Waals surface area contributed by atoms with Crippen LogP contribution in [0, 0.1) is 6.92 Å². The number of hydrogen-bond acceptors (Lipinski definition) is 3. The van der Waals surface area contributed by atoms with Crippen molar-refractivity contribution in [2.45, 2.75) is 13.5 Å². The topological polar surface area (TPSA) is 68.0 Å². The number of aromatic nitrogens is 1. The normalized spacial score (nSPS) is 10.2. The summed E-state index contributed by atoms with van der Waals surface area (Å²) in [7, 11) is 0. The van der Waals surface area contributed by atoms with Crippen LogP contribution in [0.25, 0.3) is 0 Å². The van der Waals surface area contributed by atoms with Crippen LogP contribution in [0.5, 0.6) is 0 Å². The fraction of sp³-hybridized carbons (Fsp3) is 0.143. The van der Waals surface area contributed by atoms with Crippen LogP contribution in [-0.4, -0.2) is 10.9 Å². The summed E-state index contributed by atoms with van der Waals surface area (Å²) in [5.74, 6) is -0.211. The number of anilines is 1. The average Bonchev–Trinajstić information content (AvgIpc) is 2.36. The van der Waals surface area contributed by atoms with Crippen LogP contribution in [0.2, 0.25) is 5.02 Å². The lowest BCUT2D eigenvalue weighted by atomic mass is 10.1. The van der Waals surface area contributed by atoms with E-state index in [0.29, 0.717) is 22.8 Å². The van der Waals surface area contributed by atoms with Gasteiger partial charge in [-0.15, -0.1) is 0 Å². The first-order valence-corrected chi connectivity index (χ1v) is 6.18. The highest BCUT2D eigenvalue weighted by Crippen LogP contribution is 2.16. The molecule has 0 saturated carbocycles. The van der Waals surface area contributed by atoms with Gasteiger partial charge in [-0.1, -0.05) is 11.6 Å². The summed E-state index contributed by atoms with van der Waals surface area (Å²) in [5.41, 5.74) is 8.63. The molecule has 1 aromatic carbocycles. The van der Waals surface area contributed by atoms with Gasteiger partial charge in [-0.25, -0.2) is 0 Å². The van der Waals surface area contributed by atoms with Crippen molar-refractivity contribution < 1.29 is 4.79 Å². The molecule has 0 aliphatic rings. The maximum absolute atomic E-state index is 12.0. The zero-order chi connectivity index (χ0) is 13.8. The summed E-state index contributed by atoms with van der Waals surface area (Å²) in [4.78, 5) is 16.0. The Morgan fingerprint density at radius 3 is 2.89 bits per heavy atom. The van der Waals surface area contributed by atoms with Crippen molar-refractivity contribution in [1.29, 1.82) is 0 Å². The molecule has 0 bridgehead atoms. The summed E-state index contributed by atoms with van der Waals surface area (Å²) in [5, 5.41) is 3.26. The minimum absolute atomic E-state index is 0.211.